The molecule has 1 aliphatic carbocycles. The molecule has 0 bridgehead atoms. The number of rotatable bonds is 5. The van der Waals surface area contributed by atoms with E-state index >= 15 is 0 Å². The monoisotopic (exact) mass is 430 g/mol. The first-order chi connectivity index (χ1) is 10.1. The normalized spacial score (nSPS) is 14.2. The summed E-state index contributed by atoms with van der Waals surface area (Å²) in [5, 5.41) is 4.06. The highest BCUT2D eigenvalue weighted by molar-refractivity contribution is 9.11. The van der Waals surface area contributed by atoms with Crippen molar-refractivity contribution in [2.45, 2.75) is 25.4 Å². The third kappa shape index (κ3) is 4.19. The summed E-state index contributed by atoms with van der Waals surface area (Å²) in [6.07, 6.45) is 2.47. The zero-order valence-corrected chi connectivity index (χ0v) is 15.0. The second-order valence-corrected chi connectivity index (χ2v) is 7.09. The number of hydrogen-bond acceptors (Lipinski definition) is 3. The third-order valence-electron chi connectivity index (χ3n) is 3.14. The van der Waals surface area contributed by atoms with Crippen molar-refractivity contribution >= 4 is 43.5 Å². The fourth-order valence-corrected chi connectivity index (χ4v) is 3.14. The summed E-state index contributed by atoms with van der Waals surface area (Å²) in [6, 6.07) is 9.95. The molecule has 0 spiro atoms. The molecule has 0 radical (unpaired) electrons. The molecule has 110 valence electrons. The van der Waals surface area contributed by atoms with E-state index in [0.717, 1.165) is 14.6 Å². The number of nitrogens with one attached hydrogen (secondary N) is 1. The second-order valence-electron chi connectivity index (χ2n) is 4.91. The van der Waals surface area contributed by atoms with Crippen LogP contribution in [0.2, 0.25) is 5.02 Å². The summed E-state index contributed by atoms with van der Waals surface area (Å²) >= 11 is 13.1. The molecule has 0 aliphatic heterocycles. The number of ether oxygens (including phenoxy) is 1. The lowest BCUT2D eigenvalue weighted by molar-refractivity contribution is 0.456. The summed E-state index contributed by atoms with van der Waals surface area (Å²) in [7, 11) is 0. The number of halogens is 3. The van der Waals surface area contributed by atoms with Crippen molar-refractivity contribution in [3.8, 4) is 11.6 Å². The van der Waals surface area contributed by atoms with Crippen LogP contribution >= 0.6 is 43.5 Å². The average Bonchev–Trinajstić information content (AvgIpc) is 3.26. The number of nitrogens with zero attached hydrogens (tertiary/aromatic N) is 1. The Morgan fingerprint density at radius 3 is 2.76 bits per heavy atom. The highest BCUT2D eigenvalue weighted by Crippen LogP contribution is 2.32. The molecule has 1 N–H and O–H groups in total. The van der Waals surface area contributed by atoms with Crippen molar-refractivity contribution in [2.24, 2.45) is 0 Å². The Morgan fingerprint density at radius 1 is 1.24 bits per heavy atom. The molecule has 1 fully saturated rings. The summed E-state index contributed by atoms with van der Waals surface area (Å²) < 4.78 is 7.67. The Kier molecular flexibility index (Phi) is 4.84. The molecule has 1 aromatic carbocycles. The van der Waals surface area contributed by atoms with E-state index in [2.05, 4.69) is 42.2 Å². The van der Waals surface area contributed by atoms with Crippen LogP contribution in [-0.2, 0) is 6.54 Å². The van der Waals surface area contributed by atoms with Gasteiger partial charge in [0.05, 0.1) is 15.2 Å². The van der Waals surface area contributed by atoms with E-state index in [1.807, 2.05) is 24.3 Å². The number of pyridine rings is 1. The highest BCUT2D eigenvalue weighted by atomic mass is 79.9. The molecule has 1 aromatic heterocycles. The SMILES string of the molecule is Clc1ccc(Oc2ccc(Br)cc2Br)nc1CNC1CC1. The second kappa shape index (κ2) is 6.65. The molecule has 1 saturated carbocycles. The van der Waals surface area contributed by atoms with Crippen LogP contribution in [0.5, 0.6) is 11.6 Å². The van der Waals surface area contributed by atoms with E-state index in [1.54, 1.807) is 6.07 Å². The van der Waals surface area contributed by atoms with E-state index < -0.39 is 0 Å². The van der Waals surface area contributed by atoms with Gasteiger partial charge >= 0.3 is 0 Å². The van der Waals surface area contributed by atoms with Gasteiger partial charge in [0.2, 0.25) is 5.88 Å². The van der Waals surface area contributed by atoms with E-state index in [4.69, 9.17) is 16.3 Å². The van der Waals surface area contributed by atoms with E-state index in [9.17, 15) is 0 Å². The number of hydrogen-bond donors (Lipinski definition) is 1. The first-order valence-electron chi connectivity index (χ1n) is 6.63. The minimum atomic E-state index is 0.537. The smallest absolute Gasteiger partial charge is 0.219 e. The predicted molar refractivity (Wildman–Crippen MR) is 91.0 cm³/mol. The van der Waals surface area contributed by atoms with Crippen molar-refractivity contribution in [3.05, 3.63) is 50.0 Å². The van der Waals surface area contributed by atoms with Gasteiger partial charge in [-0.05, 0) is 53.0 Å². The topological polar surface area (TPSA) is 34.1 Å². The van der Waals surface area contributed by atoms with Crippen LogP contribution in [0.15, 0.2) is 39.3 Å². The zero-order chi connectivity index (χ0) is 14.8. The average molecular weight is 433 g/mol. The van der Waals surface area contributed by atoms with Crippen molar-refractivity contribution < 1.29 is 4.74 Å². The fourth-order valence-electron chi connectivity index (χ4n) is 1.84. The largest absolute Gasteiger partial charge is 0.438 e. The van der Waals surface area contributed by atoms with E-state index in [0.29, 0.717) is 29.2 Å². The Morgan fingerprint density at radius 2 is 2.05 bits per heavy atom. The van der Waals surface area contributed by atoms with Crippen LogP contribution in [0.1, 0.15) is 18.5 Å². The molecule has 3 nitrogen and oxygen atoms in total. The maximum Gasteiger partial charge on any atom is 0.219 e. The van der Waals surface area contributed by atoms with Gasteiger partial charge in [0.15, 0.2) is 0 Å². The lowest BCUT2D eigenvalue weighted by atomic mass is 10.3. The summed E-state index contributed by atoms with van der Waals surface area (Å²) in [4.78, 5) is 4.48. The number of benzene rings is 1. The minimum absolute atomic E-state index is 0.537. The van der Waals surface area contributed by atoms with Crippen molar-refractivity contribution in [1.82, 2.24) is 10.3 Å². The third-order valence-corrected chi connectivity index (χ3v) is 4.59. The Labute approximate surface area is 145 Å². The van der Waals surface area contributed by atoms with Gasteiger partial charge in [-0.1, -0.05) is 27.5 Å². The van der Waals surface area contributed by atoms with Gasteiger partial charge in [-0.3, -0.25) is 0 Å². The van der Waals surface area contributed by atoms with E-state index in [-0.39, 0.29) is 0 Å². The molecule has 1 heterocycles. The fraction of sp³-hybridized carbons (Fsp3) is 0.267. The van der Waals surface area contributed by atoms with Gasteiger partial charge in [-0.15, -0.1) is 0 Å². The Bertz CT molecular complexity index is 662. The highest BCUT2D eigenvalue weighted by Gasteiger charge is 2.20. The lowest BCUT2D eigenvalue weighted by Crippen LogP contribution is -2.16. The molecule has 0 unspecified atom stereocenters. The van der Waals surface area contributed by atoms with Crippen molar-refractivity contribution in [2.75, 3.05) is 0 Å². The van der Waals surface area contributed by atoms with Crippen molar-refractivity contribution in [3.63, 3.8) is 0 Å². The first-order valence-corrected chi connectivity index (χ1v) is 8.60. The molecule has 0 saturated heterocycles. The molecule has 1 aliphatic rings. The van der Waals surface area contributed by atoms with Gasteiger partial charge in [-0.2, -0.15) is 0 Å². The minimum Gasteiger partial charge on any atom is -0.438 e. The van der Waals surface area contributed by atoms with Crippen molar-refractivity contribution in [1.29, 1.82) is 0 Å². The van der Waals surface area contributed by atoms with Crippen LogP contribution in [0.4, 0.5) is 0 Å². The number of aromatic nitrogens is 1. The standard InChI is InChI=1S/C15H13Br2ClN2O/c16-9-1-5-14(11(17)7-9)21-15-6-4-12(18)13(20-15)8-19-10-2-3-10/h1,4-7,10,19H,2-3,8H2. The van der Waals surface area contributed by atoms with E-state index in [1.165, 1.54) is 12.8 Å². The van der Waals surface area contributed by atoms with Gasteiger partial charge < -0.3 is 10.1 Å². The van der Waals surface area contributed by atoms with Crippen LogP contribution in [0, 0.1) is 0 Å². The van der Waals surface area contributed by atoms with Gasteiger partial charge in [0.1, 0.15) is 5.75 Å². The maximum absolute atomic E-state index is 6.18. The molecule has 2 aromatic rings. The zero-order valence-electron chi connectivity index (χ0n) is 11.1. The predicted octanol–water partition coefficient (Wildman–Crippen LogP) is 5.30. The molecule has 3 rings (SSSR count). The summed E-state index contributed by atoms with van der Waals surface area (Å²) in [6.45, 7) is 0.669. The van der Waals surface area contributed by atoms with Gasteiger partial charge in [-0.25, -0.2) is 4.98 Å². The summed E-state index contributed by atoms with van der Waals surface area (Å²) in [5.41, 5.74) is 0.814. The quantitative estimate of drug-likeness (QED) is 0.696. The molecule has 0 atom stereocenters. The molecule has 6 heteroatoms. The molecular weight excluding hydrogens is 419 g/mol. The first kappa shape index (κ1) is 15.3. The van der Waals surface area contributed by atoms with Gasteiger partial charge in [0.25, 0.3) is 0 Å². The Hall–Kier alpha value is -0.620. The maximum atomic E-state index is 6.18. The van der Waals surface area contributed by atoms with Crippen LogP contribution in [0.3, 0.4) is 0 Å². The van der Waals surface area contributed by atoms with Gasteiger partial charge in [0, 0.05) is 23.1 Å². The molecule has 0 amide bonds. The molecule has 21 heavy (non-hydrogen) atoms. The summed E-state index contributed by atoms with van der Waals surface area (Å²) in [5.74, 6) is 1.25. The van der Waals surface area contributed by atoms with Crippen LogP contribution in [0.25, 0.3) is 0 Å². The van der Waals surface area contributed by atoms with Crippen LogP contribution in [-0.4, -0.2) is 11.0 Å². The van der Waals surface area contributed by atoms with Crippen LogP contribution < -0.4 is 10.1 Å². The Balaban J connectivity index is 1.76. The lowest BCUT2D eigenvalue weighted by Gasteiger charge is -2.10. The molecular formula is C15H13Br2ClN2O.